The van der Waals surface area contributed by atoms with Crippen LogP contribution in [0.15, 0.2) is 36.4 Å². The van der Waals surface area contributed by atoms with Gasteiger partial charge in [-0.25, -0.2) is 4.39 Å². The summed E-state index contributed by atoms with van der Waals surface area (Å²) in [4.78, 5) is 0. The zero-order valence-corrected chi connectivity index (χ0v) is 17.1. The Kier molecular flexibility index (Phi) is 7.66. The maximum absolute atomic E-state index is 14.5. The third kappa shape index (κ3) is 5.68. The normalized spacial score (nSPS) is 15.8. The third-order valence-corrected chi connectivity index (χ3v) is 6.17. The van der Waals surface area contributed by atoms with Gasteiger partial charge in [0.1, 0.15) is 5.82 Å². The van der Waals surface area contributed by atoms with E-state index in [0.29, 0.717) is 5.92 Å². The van der Waals surface area contributed by atoms with E-state index in [4.69, 9.17) is 5.26 Å². The van der Waals surface area contributed by atoms with E-state index in [-0.39, 0.29) is 5.82 Å². The zero-order valence-electron chi connectivity index (χ0n) is 17.1. The predicted molar refractivity (Wildman–Crippen MR) is 114 cm³/mol. The lowest BCUT2D eigenvalue weighted by atomic mass is 9.80. The number of hydrogen-bond donors (Lipinski definition) is 0. The van der Waals surface area contributed by atoms with Crippen molar-refractivity contribution >= 4 is 0 Å². The van der Waals surface area contributed by atoms with Gasteiger partial charge < -0.3 is 0 Å². The lowest BCUT2D eigenvalue weighted by Crippen LogP contribution is -2.15. The van der Waals surface area contributed by atoms with Gasteiger partial charge >= 0.3 is 0 Å². The molecule has 0 fully saturated rings. The van der Waals surface area contributed by atoms with Crippen LogP contribution in [-0.4, -0.2) is 0 Å². The molecule has 0 heterocycles. The summed E-state index contributed by atoms with van der Waals surface area (Å²) in [5, 5.41) is 9.04. The highest BCUT2D eigenvalue weighted by Gasteiger charge is 2.19. The number of nitriles is 1. The van der Waals surface area contributed by atoms with Crippen molar-refractivity contribution in [2.24, 2.45) is 5.92 Å². The molecular formula is C26H32FN. The molecule has 0 bridgehead atoms. The van der Waals surface area contributed by atoms with Gasteiger partial charge in [-0.3, -0.25) is 0 Å². The van der Waals surface area contributed by atoms with E-state index in [9.17, 15) is 4.39 Å². The van der Waals surface area contributed by atoms with Crippen LogP contribution >= 0.6 is 0 Å². The highest BCUT2D eigenvalue weighted by atomic mass is 19.1. The van der Waals surface area contributed by atoms with Gasteiger partial charge in [0.25, 0.3) is 0 Å². The quantitative estimate of drug-likeness (QED) is 0.434. The Balaban J connectivity index is 1.48. The van der Waals surface area contributed by atoms with Crippen molar-refractivity contribution in [3.63, 3.8) is 0 Å². The topological polar surface area (TPSA) is 23.8 Å². The molecule has 0 saturated carbocycles. The fraction of sp³-hybridized carbons (Fsp3) is 0.500. The second-order valence-electron chi connectivity index (χ2n) is 8.33. The highest BCUT2D eigenvalue weighted by Crippen LogP contribution is 2.29. The number of nitrogens with zero attached hydrogens (tertiary/aromatic N) is 1. The lowest BCUT2D eigenvalue weighted by Gasteiger charge is -2.25. The fourth-order valence-corrected chi connectivity index (χ4v) is 4.39. The Hall–Kier alpha value is -2.14. The number of rotatable bonds is 9. The SMILES string of the molecule is CCCCCCCc1ccc(CCC2CCc3cc(C#N)ccc3C2)c(F)c1. The molecule has 0 amide bonds. The number of aryl methyl sites for hydroxylation is 3. The third-order valence-electron chi connectivity index (χ3n) is 6.17. The Morgan fingerprint density at radius 3 is 2.64 bits per heavy atom. The molecule has 2 aromatic carbocycles. The number of fused-ring (bicyclic) bond motifs is 1. The summed E-state index contributed by atoms with van der Waals surface area (Å²) in [6, 6.07) is 14.2. The smallest absolute Gasteiger partial charge is 0.126 e. The predicted octanol–water partition coefficient (Wildman–Crippen LogP) is 6.95. The van der Waals surface area contributed by atoms with Crippen LogP contribution in [0.1, 0.15) is 79.7 Å². The van der Waals surface area contributed by atoms with Crippen molar-refractivity contribution in [2.45, 2.75) is 77.6 Å². The average Bonchev–Trinajstić information content (AvgIpc) is 2.72. The molecule has 1 atom stereocenters. The van der Waals surface area contributed by atoms with Gasteiger partial charge in [0.2, 0.25) is 0 Å². The summed E-state index contributed by atoms with van der Waals surface area (Å²) < 4.78 is 14.5. The molecule has 3 rings (SSSR count). The number of hydrogen-bond acceptors (Lipinski definition) is 1. The number of halogens is 1. The van der Waals surface area contributed by atoms with Crippen molar-refractivity contribution in [1.82, 2.24) is 0 Å². The summed E-state index contributed by atoms with van der Waals surface area (Å²) in [5.74, 6) is 0.582. The van der Waals surface area contributed by atoms with Crippen LogP contribution in [0.3, 0.4) is 0 Å². The van der Waals surface area contributed by atoms with Crippen molar-refractivity contribution in [3.05, 3.63) is 70.0 Å². The molecule has 1 aliphatic rings. The molecule has 2 heteroatoms. The van der Waals surface area contributed by atoms with E-state index < -0.39 is 0 Å². The Morgan fingerprint density at radius 2 is 1.86 bits per heavy atom. The van der Waals surface area contributed by atoms with E-state index in [1.54, 1.807) is 6.07 Å². The second-order valence-corrected chi connectivity index (χ2v) is 8.33. The zero-order chi connectivity index (χ0) is 19.8. The first-order valence-electron chi connectivity index (χ1n) is 11.0. The van der Waals surface area contributed by atoms with Crippen LogP contribution in [-0.2, 0) is 25.7 Å². The summed E-state index contributed by atoms with van der Waals surface area (Å²) in [5.41, 5.74) is 5.45. The molecule has 148 valence electrons. The Morgan fingerprint density at radius 1 is 1.00 bits per heavy atom. The van der Waals surface area contributed by atoms with Crippen molar-refractivity contribution < 1.29 is 4.39 Å². The van der Waals surface area contributed by atoms with Crippen LogP contribution in [0.4, 0.5) is 4.39 Å². The van der Waals surface area contributed by atoms with Gasteiger partial charge in [-0.2, -0.15) is 5.26 Å². The molecule has 1 unspecified atom stereocenters. The first-order chi connectivity index (χ1) is 13.7. The van der Waals surface area contributed by atoms with Gasteiger partial charge in [0, 0.05) is 0 Å². The number of benzene rings is 2. The summed E-state index contributed by atoms with van der Waals surface area (Å²) in [7, 11) is 0. The molecule has 0 spiro atoms. The van der Waals surface area contributed by atoms with E-state index in [1.807, 2.05) is 18.2 Å². The molecule has 2 aromatic rings. The van der Waals surface area contributed by atoms with Gasteiger partial charge in [0.05, 0.1) is 11.6 Å². The molecule has 0 N–H and O–H groups in total. The molecule has 1 nitrogen and oxygen atoms in total. The standard InChI is InChI=1S/C26H32FN/c1-2-3-4-5-6-7-20-8-12-23(26(27)18-20)13-9-21-10-14-25-17-22(19-28)11-15-24(25)16-21/h8,11-12,15,17-18,21H,2-7,9-10,13-14,16H2,1H3. The largest absolute Gasteiger partial charge is 0.207 e. The molecule has 0 saturated heterocycles. The van der Waals surface area contributed by atoms with Crippen molar-refractivity contribution in [1.29, 1.82) is 5.26 Å². The van der Waals surface area contributed by atoms with Gasteiger partial charge in [-0.15, -0.1) is 0 Å². The summed E-state index contributed by atoms with van der Waals surface area (Å²) >= 11 is 0. The van der Waals surface area contributed by atoms with E-state index in [2.05, 4.69) is 25.1 Å². The highest BCUT2D eigenvalue weighted by molar-refractivity contribution is 5.39. The maximum atomic E-state index is 14.5. The summed E-state index contributed by atoms with van der Waals surface area (Å²) in [6.07, 6.45) is 12.3. The fourth-order valence-electron chi connectivity index (χ4n) is 4.39. The van der Waals surface area contributed by atoms with E-state index in [1.165, 1.54) is 36.8 Å². The molecule has 28 heavy (non-hydrogen) atoms. The van der Waals surface area contributed by atoms with Gasteiger partial charge in [-0.1, -0.05) is 50.8 Å². The van der Waals surface area contributed by atoms with E-state index >= 15 is 0 Å². The monoisotopic (exact) mass is 377 g/mol. The van der Waals surface area contributed by atoms with Crippen molar-refractivity contribution in [3.8, 4) is 6.07 Å². The molecule has 1 aliphatic carbocycles. The molecule has 0 radical (unpaired) electrons. The average molecular weight is 378 g/mol. The van der Waals surface area contributed by atoms with Crippen LogP contribution in [0.2, 0.25) is 0 Å². The van der Waals surface area contributed by atoms with Crippen LogP contribution < -0.4 is 0 Å². The minimum atomic E-state index is -0.0269. The van der Waals surface area contributed by atoms with Crippen LogP contribution in [0.25, 0.3) is 0 Å². The molecule has 0 aromatic heterocycles. The first kappa shape index (κ1) is 20.6. The van der Waals surface area contributed by atoms with Gasteiger partial charge in [-0.05, 0) is 91.3 Å². The van der Waals surface area contributed by atoms with Crippen molar-refractivity contribution in [2.75, 3.05) is 0 Å². The Bertz CT molecular complexity index is 818. The Labute approximate surface area is 169 Å². The minimum absolute atomic E-state index is 0.0269. The molecule has 0 aliphatic heterocycles. The maximum Gasteiger partial charge on any atom is 0.126 e. The number of unbranched alkanes of at least 4 members (excludes halogenated alkanes) is 4. The lowest BCUT2D eigenvalue weighted by molar-refractivity contribution is 0.424. The van der Waals surface area contributed by atoms with Gasteiger partial charge in [0.15, 0.2) is 0 Å². The van der Waals surface area contributed by atoms with E-state index in [0.717, 1.165) is 61.6 Å². The minimum Gasteiger partial charge on any atom is -0.207 e. The van der Waals surface area contributed by atoms with Crippen LogP contribution in [0, 0.1) is 23.1 Å². The second kappa shape index (κ2) is 10.4. The first-order valence-corrected chi connectivity index (χ1v) is 11.0. The van der Waals surface area contributed by atoms with Crippen LogP contribution in [0.5, 0.6) is 0 Å². The summed E-state index contributed by atoms with van der Waals surface area (Å²) in [6.45, 7) is 2.23. The molecular weight excluding hydrogens is 345 g/mol.